The third-order valence-corrected chi connectivity index (χ3v) is 5.60. The number of hydrazone groups is 1. The quantitative estimate of drug-likeness (QED) is 0.399. The highest BCUT2D eigenvalue weighted by Crippen LogP contribution is 2.42. The second-order valence-corrected chi connectivity index (χ2v) is 7.42. The molecular weight excluding hydrogens is 368 g/mol. The third kappa shape index (κ3) is 2.18. The lowest BCUT2D eigenvalue weighted by molar-refractivity contribution is 0.823. The van der Waals surface area contributed by atoms with Crippen molar-refractivity contribution in [3.05, 3.63) is 83.4 Å². The second kappa shape index (κ2) is 5.81. The first-order valence-electron chi connectivity index (χ1n) is 9.18. The summed E-state index contributed by atoms with van der Waals surface area (Å²) in [5.41, 5.74) is 7.46. The van der Waals surface area contributed by atoms with Gasteiger partial charge in [-0.15, -0.1) is 0 Å². The molecule has 28 heavy (non-hydrogen) atoms. The van der Waals surface area contributed by atoms with Crippen LogP contribution in [0.4, 0.5) is 5.82 Å². The van der Waals surface area contributed by atoms with Crippen LogP contribution in [-0.4, -0.2) is 15.3 Å². The zero-order chi connectivity index (χ0) is 18.7. The minimum absolute atomic E-state index is 0.657. The zero-order valence-corrected chi connectivity index (χ0v) is 15.6. The van der Waals surface area contributed by atoms with Crippen LogP contribution < -0.4 is 5.43 Å². The summed E-state index contributed by atoms with van der Waals surface area (Å²) in [6.07, 6.45) is 0. The van der Waals surface area contributed by atoms with Crippen LogP contribution in [0.15, 0.2) is 77.9 Å². The molecule has 0 fully saturated rings. The van der Waals surface area contributed by atoms with E-state index in [0.717, 1.165) is 55.2 Å². The predicted molar refractivity (Wildman–Crippen MR) is 115 cm³/mol. The van der Waals surface area contributed by atoms with Crippen molar-refractivity contribution in [2.24, 2.45) is 5.10 Å². The molecule has 0 radical (unpaired) electrons. The molecule has 0 atom stereocenters. The highest BCUT2D eigenvalue weighted by molar-refractivity contribution is 6.31. The Kier molecular flexibility index (Phi) is 3.25. The molecule has 0 aliphatic carbocycles. The highest BCUT2D eigenvalue weighted by Gasteiger charge is 2.25. The lowest BCUT2D eigenvalue weighted by Crippen LogP contribution is -2.23. The molecule has 3 aliphatic rings. The smallest absolute Gasteiger partial charge is 0.143 e. The molecule has 3 aromatic rings. The molecule has 0 saturated carbocycles. The molecule has 0 bridgehead atoms. The molecule has 5 heteroatoms. The first-order chi connectivity index (χ1) is 13.8. The van der Waals surface area contributed by atoms with E-state index in [0.29, 0.717) is 6.54 Å². The monoisotopic (exact) mass is 382 g/mol. The maximum Gasteiger partial charge on any atom is 0.143 e. The Morgan fingerprint density at radius 3 is 2.50 bits per heavy atom. The molecule has 3 aromatic carbocycles. The van der Waals surface area contributed by atoms with Crippen LogP contribution in [0.3, 0.4) is 0 Å². The van der Waals surface area contributed by atoms with Gasteiger partial charge in [-0.25, -0.2) is 4.98 Å². The van der Waals surface area contributed by atoms with Crippen LogP contribution in [0.2, 0.25) is 5.02 Å². The Bertz CT molecular complexity index is 1370. The number of nitrogens with zero attached hydrogens (tertiary/aromatic N) is 3. The average molecular weight is 383 g/mol. The van der Waals surface area contributed by atoms with Gasteiger partial charge in [-0.2, -0.15) is 5.10 Å². The minimum Gasteiger partial charge on any atom is -0.304 e. The van der Waals surface area contributed by atoms with Gasteiger partial charge in [0, 0.05) is 21.4 Å². The molecular formula is C23H15ClN4. The van der Waals surface area contributed by atoms with Gasteiger partial charge in [0.1, 0.15) is 11.6 Å². The van der Waals surface area contributed by atoms with Crippen LogP contribution in [0.1, 0.15) is 5.56 Å². The van der Waals surface area contributed by atoms with E-state index in [1.165, 1.54) is 0 Å². The van der Waals surface area contributed by atoms with E-state index in [1.54, 1.807) is 0 Å². The van der Waals surface area contributed by atoms with Gasteiger partial charge in [0.15, 0.2) is 0 Å². The standard InChI is InChI=1S/C23H15ClN4/c24-15-10-11-19-18(12-15)21-16-8-4-5-9-17(16)22-27-26-20(13-28(22)23(21)25-19)14-6-2-1-3-7-14/h1-12,27H,13H2. The van der Waals surface area contributed by atoms with Crippen LogP contribution >= 0.6 is 11.6 Å². The summed E-state index contributed by atoms with van der Waals surface area (Å²) >= 11 is 6.31. The molecule has 3 heterocycles. The van der Waals surface area contributed by atoms with Crippen molar-refractivity contribution in [3.63, 3.8) is 0 Å². The van der Waals surface area contributed by atoms with Gasteiger partial charge >= 0.3 is 0 Å². The number of halogens is 1. The summed E-state index contributed by atoms with van der Waals surface area (Å²) in [6.45, 7) is 0.657. The van der Waals surface area contributed by atoms with Gasteiger partial charge in [-0.3, -0.25) is 5.43 Å². The predicted octanol–water partition coefficient (Wildman–Crippen LogP) is 5.78. The third-order valence-electron chi connectivity index (χ3n) is 5.37. The van der Waals surface area contributed by atoms with Gasteiger partial charge in [0.25, 0.3) is 0 Å². The van der Waals surface area contributed by atoms with Gasteiger partial charge in [-0.1, -0.05) is 66.2 Å². The number of fused-ring (bicyclic) bond motifs is 8. The second-order valence-electron chi connectivity index (χ2n) is 6.99. The lowest BCUT2D eigenvalue weighted by Gasteiger charge is -2.25. The summed E-state index contributed by atoms with van der Waals surface area (Å²) in [4.78, 5) is 4.96. The van der Waals surface area contributed by atoms with E-state index in [-0.39, 0.29) is 0 Å². The number of anilines is 1. The summed E-state index contributed by atoms with van der Waals surface area (Å²) in [6, 6.07) is 24.5. The molecule has 0 unspecified atom stereocenters. The number of nitrogens with one attached hydrogen (secondary N) is 1. The summed E-state index contributed by atoms with van der Waals surface area (Å²) in [7, 11) is 0. The number of aromatic nitrogens is 2. The van der Waals surface area contributed by atoms with E-state index in [4.69, 9.17) is 16.6 Å². The topological polar surface area (TPSA) is 42.2 Å². The number of hydrogen-bond donors (Lipinski definition) is 1. The van der Waals surface area contributed by atoms with Gasteiger partial charge in [0.05, 0.1) is 17.8 Å². The average Bonchev–Trinajstić information content (AvgIpc) is 3.13. The van der Waals surface area contributed by atoms with Gasteiger partial charge in [-0.05, 0) is 29.1 Å². The molecule has 3 aliphatic heterocycles. The lowest BCUT2D eigenvalue weighted by atomic mass is 10.0. The van der Waals surface area contributed by atoms with E-state index in [1.807, 2.05) is 36.4 Å². The van der Waals surface area contributed by atoms with Crippen molar-refractivity contribution in [2.75, 3.05) is 5.43 Å². The fourth-order valence-electron chi connectivity index (χ4n) is 4.08. The van der Waals surface area contributed by atoms with Crippen molar-refractivity contribution in [1.82, 2.24) is 9.55 Å². The van der Waals surface area contributed by atoms with Crippen molar-refractivity contribution in [3.8, 4) is 11.4 Å². The van der Waals surface area contributed by atoms with Crippen LogP contribution in [0, 0.1) is 0 Å². The SMILES string of the molecule is Clc1ccc2nc3n4c(c5ccccc5c-3c2c1)NN=C(c1ccccc1)C4. The normalized spacial score (nSPS) is 13.5. The number of benzene rings is 3. The Morgan fingerprint density at radius 2 is 1.64 bits per heavy atom. The summed E-state index contributed by atoms with van der Waals surface area (Å²) < 4.78 is 2.22. The van der Waals surface area contributed by atoms with Crippen LogP contribution in [-0.2, 0) is 6.54 Å². The molecule has 0 saturated heterocycles. The molecule has 0 amide bonds. The number of rotatable bonds is 1. The molecule has 0 aromatic heterocycles. The van der Waals surface area contributed by atoms with E-state index >= 15 is 0 Å². The minimum atomic E-state index is 0.657. The maximum atomic E-state index is 6.31. The molecule has 6 rings (SSSR count). The Labute approximate surface area is 166 Å². The Hall–Kier alpha value is -3.37. The Morgan fingerprint density at radius 1 is 0.857 bits per heavy atom. The first-order valence-corrected chi connectivity index (χ1v) is 9.55. The molecule has 1 N–H and O–H groups in total. The van der Waals surface area contributed by atoms with E-state index < -0.39 is 0 Å². The number of pyridine rings is 1. The number of hydrogen-bond acceptors (Lipinski definition) is 3. The zero-order valence-electron chi connectivity index (χ0n) is 14.9. The Balaban J connectivity index is 1.68. The summed E-state index contributed by atoms with van der Waals surface area (Å²) in [5.74, 6) is 1.92. The highest BCUT2D eigenvalue weighted by atomic mass is 35.5. The van der Waals surface area contributed by atoms with E-state index in [9.17, 15) is 0 Å². The largest absolute Gasteiger partial charge is 0.304 e. The molecule has 4 nitrogen and oxygen atoms in total. The van der Waals surface area contributed by atoms with Gasteiger partial charge < -0.3 is 4.57 Å². The maximum absolute atomic E-state index is 6.31. The van der Waals surface area contributed by atoms with Crippen molar-refractivity contribution in [1.29, 1.82) is 0 Å². The van der Waals surface area contributed by atoms with E-state index in [2.05, 4.69) is 51.5 Å². The first kappa shape index (κ1) is 15.7. The van der Waals surface area contributed by atoms with Crippen LogP contribution in [0.25, 0.3) is 33.1 Å². The fraction of sp³-hybridized carbons (Fsp3) is 0.0435. The van der Waals surface area contributed by atoms with Crippen molar-refractivity contribution >= 4 is 44.8 Å². The molecule has 134 valence electrons. The fourth-order valence-corrected chi connectivity index (χ4v) is 4.25. The van der Waals surface area contributed by atoms with Crippen molar-refractivity contribution in [2.45, 2.75) is 6.54 Å². The van der Waals surface area contributed by atoms with Crippen LogP contribution in [0.5, 0.6) is 0 Å². The van der Waals surface area contributed by atoms with Gasteiger partial charge in [0.2, 0.25) is 0 Å². The molecule has 0 spiro atoms. The van der Waals surface area contributed by atoms with Crippen molar-refractivity contribution < 1.29 is 0 Å². The summed E-state index contributed by atoms with van der Waals surface area (Å²) in [5, 5.41) is 8.74.